The summed E-state index contributed by atoms with van der Waals surface area (Å²) in [6, 6.07) is 0. The predicted molar refractivity (Wildman–Crippen MR) is 124 cm³/mol. The molecule has 0 aliphatic heterocycles. The molecule has 4 aliphatic carbocycles. The molecule has 8 unspecified atom stereocenters. The van der Waals surface area contributed by atoms with E-state index in [1.807, 2.05) is 0 Å². The molecule has 0 amide bonds. The van der Waals surface area contributed by atoms with Crippen LogP contribution >= 0.6 is 0 Å². The second-order valence-electron chi connectivity index (χ2n) is 11.2. The van der Waals surface area contributed by atoms with Gasteiger partial charge in [-0.3, -0.25) is 19.2 Å². The van der Waals surface area contributed by atoms with E-state index >= 15 is 4.39 Å². The van der Waals surface area contributed by atoms with Crippen LogP contribution in [0.3, 0.4) is 0 Å². The Morgan fingerprint density at radius 1 is 1.23 bits per heavy atom. The van der Waals surface area contributed by atoms with E-state index < -0.39 is 64.4 Å². The number of hydrogen-bond donors (Lipinski definition) is 1. The Morgan fingerprint density at radius 3 is 2.54 bits per heavy atom. The molecule has 0 aromatic heterocycles. The van der Waals surface area contributed by atoms with Gasteiger partial charge in [0.05, 0.1) is 6.10 Å². The maximum atomic E-state index is 17.3. The zero-order valence-electron chi connectivity index (χ0n) is 21.1. The molecule has 8 atom stereocenters. The molecule has 0 bridgehead atoms. The van der Waals surface area contributed by atoms with E-state index in [2.05, 4.69) is 0 Å². The third-order valence-corrected chi connectivity index (χ3v) is 9.57. The van der Waals surface area contributed by atoms with Crippen molar-refractivity contribution in [2.75, 3.05) is 6.61 Å². The molecule has 4 rings (SSSR count). The second-order valence-corrected chi connectivity index (χ2v) is 11.2. The number of halogens is 1. The number of aliphatic hydroxyl groups excluding tert-OH is 1. The first-order chi connectivity index (χ1) is 16.3. The van der Waals surface area contributed by atoms with Gasteiger partial charge in [-0.25, -0.2) is 4.39 Å². The number of ether oxygens (including phenoxy) is 2. The van der Waals surface area contributed by atoms with E-state index in [9.17, 15) is 24.3 Å². The van der Waals surface area contributed by atoms with Crippen LogP contribution < -0.4 is 0 Å². The molecule has 4 aliphatic rings. The average Bonchev–Trinajstić information content (AvgIpc) is 3.00. The number of carbonyl (C=O) groups is 4. The quantitative estimate of drug-likeness (QED) is 0.589. The van der Waals surface area contributed by atoms with Crippen LogP contribution in [0.1, 0.15) is 66.7 Å². The number of Topliss-reactive ketones (excluding diaryl/α,β-unsaturated/α-hetero) is 1. The fourth-order valence-electron chi connectivity index (χ4n) is 7.92. The number of ketones is 2. The lowest BCUT2D eigenvalue weighted by atomic mass is 9.44. The van der Waals surface area contributed by atoms with Crippen molar-refractivity contribution < 1.29 is 38.1 Å². The van der Waals surface area contributed by atoms with Gasteiger partial charge in [0.1, 0.15) is 0 Å². The maximum absolute atomic E-state index is 17.3. The topological polar surface area (TPSA) is 107 Å². The first kappa shape index (κ1) is 25.7. The van der Waals surface area contributed by atoms with E-state index in [0.717, 1.165) is 0 Å². The van der Waals surface area contributed by atoms with Crippen LogP contribution in [0.25, 0.3) is 0 Å². The molecule has 3 saturated carbocycles. The van der Waals surface area contributed by atoms with E-state index in [1.54, 1.807) is 33.8 Å². The van der Waals surface area contributed by atoms with Gasteiger partial charge in [0.2, 0.25) is 5.78 Å². The number of esters is 2. The van der Waals surface area contributed by atoms with Crippen LogP contribution in [-0.4, -0.2) is 52.6 Å². The number of fused-ring (bicyclic) bond motifs is 5. The van der Waals surface area contributed by atoms with Gasteiger partial charge in [0.15, 0.2) is 23.7 Å². The Bertz CT molecular complexity index is 1030. The Hall–Kier alpha value is -2.35. The largest absolute Gasteiger partial charge is 0.458 e. The zero-order valence-corrected chi connectivity index (χ0v) is 21.1. The lowest BCUT2D eigenvalue weighted by molar-refractivity contribution is -0.228. The Balaban J connectivity index is 1.82. The number of aliphatic hydroxyl groups is 1. The lowest BCUT2D eigenvalue weighted by Crippen LogP contribution is -2.70. The first-order valence-corrected chi connectivity index (χ1v) is 12.5. The third-order valence-electron chi connectivity index (χ3n) is 9.57. The SMILES string of the molecule is CCC(=O)OC1(C(=O)COC(C)=O)C(C)CC2C3CCC4=CC(=O)C=CC4(C)C3(F)C(O)CC21C. The number of alkyl halides is 1. The monoisotopic (exact) mass is 490 g/mol. The molecule has 8 heteroatoms. The van der Waals surface area contributed by atoms with Crippen LogP contribution in [-0.2, 0) is 28.7 Å². The van der Waals surface area contributed by atoms with Crippen molar-refractivity contribution in [3.8, 4) is 0 Å². The number of carbonyl (C=O) groups excluding carboxylic acids is 4. The van der Waals surface area contributed by atoms with E-state index in [-0.39, 0.29) is 24.5 Å². The molecular weight excluding hydrogens is 455 g/mol. The highest BCUT2D eigenvalue weighted by molar-refractivity contribution is 6.01. The summed E-state index contributed by atoms with van der Waals surface area (Å²) in [6.07, 6.45) is 4.21. The molecule has 3 fully saturated rings. The lowest BCUT2D eigenvalue weighted by Gasteiger charge is -2.62. The molecule has 0 radical (unpaired) electrons. The highest BCUT2D eigenvalue weighted by atomic mass is 19.1. The van der Waals surface area contributed by atoms with E-state index in [1.165, 1.54) is 19.1 Å². The average molecular weight is 491 g/mol. The van der Waals surface area contributed by atoms with Crippen molar-refractivity contribution in [2.45, 2.75) is 84.1 Å². The van der Waals surface area contributed by atoms with Gasteiger partial charge in [-0.2, -0.15) is 0 Å². The van der Waals surface area contributed by atoms with E-state index in [0.29, 0.717) is 24.8 Å². The minimum Gasteiger partial charge on any atom is -0.458 e. The molecule has 192 valence electrons. The van der Waals surface area contributed by atoms with Crippen molar-refractivity contribution in [1.29, 1.82) is 0 Å². The predicted octanol–water partition coefficient (Wildman–Crippen LogP) is 3.43. The van der Waals surface area contributed by atoms with Crippen molar-refractivity contribution in [3.63, 3.8) is 0 Å². The highest BCUT2D eigenvalue weighted by Crippen LogP contribution is 2.71. The summed E-state index contributed by atoms with van der Waals surface area (Å²) in [7, 11) is 0. The smallest absolute Gasteiger partial charge is 0.306 e. The van der Waals surface area contributed by atoms with Gasteiger partial charge in [-0.05, 0) is 50.7 Å². The van der Waals surface area contributed by atoms with Crippen LogP contribution in [0.4, 0.5) is 4.39 Å². The number of hydrogen-bond acceptors (Lipinski definition) is 7. The van der Waals surface area contributed by atoms with E-state index in [4.69, 9.17) is 9.47 Å². The number of rotatable bonds is 5. The van der Waals surface area contributed by atoms with Crippen LogP contribution in [0.2, 0.25) is 0 Å². The molecule has 0 aromatic rings. The fourth-order valence-corrected chi connectivity index (χ4v) is 7.92. The van der Waals surface area contributed by atoms with Gasteiger partial charge < -0.3 is 14.6 Å². The molecule has 7 nitrogen and oxygen atoms in total. The summed E-state index contributed by atoms with van der Waals surface area (Å²) in [5.74, 6) is -3.41. The van der Waals surface area contributed by atoms with Crippen LogP contribution in [0.15, 0.2) is 23.8 Å². The third kappa shape index (κ3) is 3.31. The first-order valence-electron chi connectivity index (χ1n) is 12.5. The molecule has 35 heavy (non-hydrogen) atoms. The standard InChI is InChI=1S/C27H35FO7/c1-6-23(33)35-27(22(32)14-34-16(3)29)15(2)11-20-19-8-7-17-12-18(30)9-10-24(17,4)26(19,28)21(31)13-25(20,27)5/h9-10,12,15,19-21,31H,6-8,11,13-14H2,1-5H3. The summed E-state index contributed by atoms with van der Waals surface area (Å²) < 4.78 is 28.3. The Morgan fingerprint density at radius 2 is 1.91 bits per heavy atom. The summed E-state index contributed by atoms with van der Waals surface area (Å²) in [4.78, 5) is 49.8. The van der Waals surface area contributed by atoms with Crippen molar-refractivity contribution >= 4 is 23.5 Å². The van der Waals surface area contributed by atoms with Gasteiger partial charge in [-0.15, -0.1) is 0 Å². The molecule has 0 heterocycles. The minimum absolute atomic E-state index is 0.0418. The molecule has 0 spiro atoms. The second kappa shape index (κ2) is 8.36. The van der Waals surface area contributed by atoms with Crippen molar-refractivity contribution in [3.05, 3.63) is 23.8 Å². The molecule has 1 N–H and O–H groups in total. The Kier molecular flexibility index (Phi) is 6.14. The van der Waals surface area contributed by atoms with Gasteiger partial charge in [0, 0.05) is 36.0 Å². The van der Waals surface area contributed by atoms with Crippen molar-refractivity contribution in [2.24, 2.45) is 28.6 Å². The zero-order chi connectivity index (χ0) is 26.0. The molecular formula is C27H35FO7. The normalized spacial score (nSPS) is 44.0. The number of allylic oxidation sites excluding steroid dienone is 4. The fraction of sp³-hybridized carbons (Fsp3) is 0.704. The summed E-state index contributed by atoms with van der Waals surface area (Å²) in [5.41, 5.74) is -5.26. The molecule has 0 saturated heterocycles. The van der Waals surface area contributed by atoms with Gasteiger partial charge in [0.25, 0.3) is 0 Å². The van der Waals surface area contributed by atoms with Crippen molar-refractivity contribution in [1.82, 2.24) is 0 Å². The summed E-state index contributed by atoms with van der Waals surface area (Å²) in [6.45, 7) is 7.59. The highest BCUT2D eigenvalue weighted by Gasteiger charge is 2.77. The molecule has 0 aromatic carbocycles. The van der Waals surface area contributed by atoms with Gasteiger partial charge >= 0.3 is 11.9 Å². The summed E-state index contributed by atoms with van der Waals surface area (Å²) >= 11 is 0. The minimum atomic E-state index is -2.05. The Labute approximate surface area is 205 Å². The van der Waals surface area contributed by atoms with Crippen LogP contribution in [0, 0.1) is 28.6 Å². The summed E-state index contributed by atoms with van der Waals surface area (Å²) in [5, 5.41) is 11.5. The van der Waals surface area contributed by atoms with Gasteiger partial charge in [-0.1, -0.05) is 32.4 Å². The van der Waals surface area contributed by atoms with Crippen LogP contribution in [0.5, 0.6) is 0 Å². The maximum Gasteiger partial charge on any atom is 0.306 e.